The molecule has 2 aromatic carbocycles. The molecule has 2 aromatic rings. The van der Waals surface area contributed by atoms with Gasteiger partial charge >= 0.3 is 0 Å². The van der Waals surface area contributed by atoms with Crippen LogP contribution in [0.25, 0.3) is 0 Å². The predicted octanol–water partition coefficient (Wildman–Crippen LogP) is 2.92. The number of nitrogens with one attached hydrogen (secondary N) is 1. The fourth-order valence-electron chi connectivity index (χ4n) is 4.60. The zero-order chi connectivity index (χ0) is 19.7. The monoisotopic (exact) mass is 381 g/mol. The second kappa shape index (κ2) is 7.72. The van der Waals surface area contributed by atoms with Gasteiger partial charge in [-0.3, -0.25) is 14.5 Å². The van der Waals surface area contributed by atoms with Crippen LogP contribution in [-0.2, 0) is 9.59 Å². The lowest BCUT2D eigenvalue weighted by Gasteiger charge is -2.29. The summed E-state index contributed by atoms with van der Waals surface area (Å²) in [6.07, 6.45) is 0. The first kappa shape index (κ1) is 18.6. The summed E-state index contributed by atoms with van der Waals surface area (Å²) in [5.74, 6) is 0.361. The highest BCUT2D eigenvalue weighted by Gasteiger charge is 2.48. The Morgan fingerprint density at radius 2 is 1.75 bits per heavy atom. The Bertz CT molecular complexity index is 856. The molecule has 1 N–H and O–H groups in total. The average molecular weight is 381 g/mol. The molecule has 3 atom stereocenters. The fourth-order valence-corrected chi connectivity index (χ4v) is 4.60. The standard InChI is InChI=1S/C22H24FN3O2/c1-15(27)26-12-17-11-25(13-20(17)22(26)16-5-3-2-4-6-16)14-21(28)24-19-9-7-18(23)8-10-19/h2-10,17,20,22H,11-14H2,1H3,(H,24,28)/t17-,20-,22-/m1/s1. The van der Waals surface area contributed by atoms with Gasteiger partial charge in [-0.1, -0.05) is 30.3 Å². The van der Waals surface area contributed by atoms with Crippen molar-refractivity contribution in [2.75, 3.05) is 31.5 Å². The molecule has 5 nitrogen and oxygen atoms in total. The van der Waals surface area contributed by atoms with Crippen LogP contribution in [0.2, 0.25) is 0 Å². The lowest BCUT2D eigenvalue weighted by Crippen LogP contribution is -2.37. The van der Waals surface area contributed by atoms with E-state index in [4.69, 9.17) is 0 Å². The molecule has 0 bridgehead atoms. The summed E-state index contributed by atoms with van der Waals surface area (Å²) in [5.41, 5.74) is 1.75. The number of rotatable bonds is 4. The van der Waals surface area contributed by atoms with E-state index in [1.807, 2.05) is 23.1 Å². The molecular formula is C22H24FN3O2. The van der Waals surface area contributed by atoms with Gasteiger partial charge in [0.2, 0.25) is 11.8 Å². The van der Waals surface area contributed by atoms with Crippen LogP contribution < -0.4 is 5.32 Å². The summed E-state index contributed by atoms with van der Waals surface area (Å²) in [5, 5.41) is 2.82. The van der Waals surface area contributed by atoms with Crippen molar-refractivity contribution in [2.24, 2.45) is 11.8 Å². The molecule has 2 aliphatic rings. The summed E-state index contributed by atoms with van der Waals surface area (Å²) in [6.45, 7) is 4.24. The molecule has 2 saturated heterocycles. The van der Waals surface area contributed by atoms with Gasteiger partial charge in [0, 0.05) is 38.2 Å². The highest BCUT2D eigenvalue weighted by molar-refractivity contribution is 5.92. The first-order chi connectivity index (χ1) is 13.5. The molecule has 0 radical (unpaired) electrons. The maximum Gasteiger partial charge on any atom is 0.238 e. The molecule has 2 fully saturated rings. The van der Waals surface area contributed by atoms with Gasteiger partial charge in [-0.2, -0.15) is 0 Å². The largest absolute Gasteiger partial charge is 0.335 e. The van der Waals surface area contributed by atoms with E-state index >= 15 is 0 Å². The molecular weight excluding hydrogens is 357 g/mol. The van der Waals surface area contributed by atoms with Crippen molar-refractivity contribution >= 4 is 17.5 Å². The van der Waals surface area contributed by atoms with Crippen LogP contribution in [0.15, 0.2) is 54.6 Å². The number of carbonyl (C=O) groups is 2. The molecule has 4 rings (SSSR count). The van der Waals surface area contributed by atoms with Crippen molar-refractivity contribution in [1.29, 1.82) is 0 Å². The van der Waals surface area contributed by atoms with E-state index < -0.39 is 0 Å². The van der Waals surface area contributed by atoms with E-state index in [-0.39, 0.29) is 23.7 Å². The number of hydrogen-bond donors (Lipinski definition) is 1. The van der Waals surface area contributed by atoms with Gasteiger partial charge < -0.3 is 10.2 Å². The van der Waals surface area contributed by atoms with Crippen LogP contribution in [0.5, 0.6) is 0 Å². The van der Waals surface area contributed by atoms with Gasteiger partial charge in [0.1, 0.15) is 5.82 Å². The SMILES string of the molecule is CC(=O)N1C[C@H]2CN(CC(=O)Nc3ccc(F)cc3)C[C@H]2[C@H]1c1ccccc1. The van der Waals surface area contributed by atoms with Crippen LogP contribution in [-0.4, -0.2) is 47.8 Å². The predicted molar refractivity (Wildman–Crippen MR) is 105 cm³/mol. The summed E-state index contributed by atoms with van der Waals surface area (Å²) in [4.78, 5) is 28.7. The number of halogens is 1. The van der Waals surface area contributed by atoms with Gasteiger partial charge in [-0.15, -0.1) is 0 Å². The zero-order valence-corrected chi connectivity index (χ0v) is 15.8. The van der Waals surface area contributed by atoms with Crippen molar-refractivity contribution in [3.63, 3.8) is 0 Å². The van der Waals surface area contributed by atoms with E-state index in [1.165, 1.54) is 12.1 Å². The zero-order valence-electron chi connectivity index (χ0n) is 15.8. The van der Waals surface area contributed by atoms with E-state index in [1.54, 1.807) is 19.1 Å². The first-order valence-corrected chi connectivity index (χ1v) is 9.61. The molecule has 28 heavy (non-hydrogen) atoms. The normalized spacial score (nSPS) is 24.2. The van der Waals surface area contributed by atoms with Crippen LogP contribution in [0.4, 0.5) is 10.1 Å². The Balaban J connectivity index is 1.42. The second-order valence-electron chi connectivity index (χ2n) is 7.70. The highest BCUT2D eigenvalue weighted by atomic mass is 19.1. The van der Waals surface area contributed by atoms with Crippen molar-refractivity contribution in [2.45, 2.75) is 13.0 Å². The minimum Gasteiger partial charge on any atom is -0.335 e. The number of nitrogens with zero attached hydrogens (tertiary/aromatic N) is 2. The van der Waals surface area contributed by atoms with Crippen LogP contribution in [0.3, 0.4) is 0 Å². The molecule has 146 valence electrons. The minimum atomic E-state index is -0.327. The summed E-state index contributed by atoms with van der Waals surface area (Å²) < 4.78 is 13.0. The maximum absolute atomic E-state index is 13.0. The van der Waals surface area contributed by atoms with E-state index in [2.05, 4.69) is 22.3 Å². The minimum absolute atomic E-state index is 0.0638. The van der Waals surface area contributed by atoms with Crippen LogP contribution in [0, 0.1) is 17.7 Å². The number of benzene rings is 2. The lowest BCUT2D eigenvalue weighted by molar-refractivity contribution is -0.130. The summed E-state index contributed by atoms with van der Waals surface area (Å²) in [7, 11) is 0. The van der Waals surface area contributed by atoms with Crippen molar-refractivity contribution in [3.05, 3.63) is 66.0 Å². The summed E-state index contributed by atoms with van der Waals surface area (Å²) in [6, 6.07) is 16.0. The quantitative estimate of drug-likeness (QED) is 0.886. The van der Waals surface area contributed by atoms with Crippen molar-refractivity contribution in [1.82, 2.24) is 9.80 Å². The van der Waals surface area contributed by atoms with E-state index in [0.717, 1.165) is 25.2 Å². The van der Waals surface area contributed by atoms with Crippen molar-refractivity contribution < 1.29 is 14.0 Å². The molecule has 0 saturated carbocycles. The maximum atomic E-state index is 13.0. The third-order valence-corrected chi connectivity index (χ3v) is 5.78. The Labute approximate surface area is 164 Å². The number of likely N-dealkylation sites (tertiary alicyclic amines) is 2. The highest BCUT2D eigenvalue weighted by Crippen LogP contribution is 2.44. The number of carbonyl (C=O) groups excluding carboxylic acids is 2. The second-order valence-corrected chi connectivity index (χ2v) is 7.70. The van der Waals surface area contributed by atoms with Gasteiger partial charge in [0.25, 0.3) is 0 Å². The topological polar surface area (TPSA) is 52.7 Å². The fraction of sp³-hybridized carbons (Fsp3) is 0.364. The molecule has 2 amide bonds. The molecule has 2 heterocycles. The molecule has 0 spiro atoms. The van der Waals surface area contributed by atoms with Crippen molar-refractivity contribution in [3.8, 4) is 0 Å². The van der Waals surface area contributed by atoms with Gasteiger partial charge in [-0.25, -0.2) is 4.39 Å². The molecule has 0 aliphatic carbocycles. The number of anilines is 1. The molecule has 0 aromatic heterocycles. The van der Waals surface area contributed by atoms with Gasteiger partial charge in [0.15, 0.2) is 0 Å². The Morgan fingerprint density at radius 1 is 1.04 bits per heavy atom. The van der Waals surface area contributed by atoms with E-state index in [9.17, 15) is 14.0 Å². The smallest absolute Gasteiger partial charge is 0.238 e. The molecule has 6 heteroatoms. The summed E-state index contributed by atoms with van der Waals surface area (Å²) >= 11 is 0. The average Bonchev–Trinajstić information content (AvgIpc) is 3.21. The number of hydrogen-bond acceptors (Lipinski definition) is 3. The molecule has 0 unspecified atom stereocenters. The Morgan fingerprint density at radius 3 is 2.43 bits per heavy atom. The Hall–Kier alpha value is -2.73. The number of fused-ring (bicyclic) bond motifs is 1. The van der Waals surface area contributed by atoms with Gasteiger partial charge in [0.05, 0.1) is 12.6 Å². The first-order valence-electron chi connectivity index (χ1n) is 9.61. The van der Waals surface area contributed by atoms with Crippen LogP contribution in [0.1, 0.15) is 18.5 Å². The molecule has 2 aliphatic heterocycles. The Kier molecular flexibility index (Phi) is 5.13. The third-order valence-electron chi connectivity index (χ3n) is 5.78. The van der Waals surface area contributed by atoms with E-state index in [0.29, 0.717) is 24.1 Å². The van der Waals surface area contributed by atoms with Crippen LogP contribution >= 0.6 is 0 Å². The lowest BCUT2D eigenvalue weighted by atomic mass is 9.89. The third kappa shape index (κ3) is 3.78. The number of amides is 2. The van der Waals surface area contributed by atoms with Gasteiger partial charge in [-0.05, 0) is 35.7 Å².